The third kappa shape index (κ3) is 3.65. The van der Waals surface area contributed by atoms with Crippen LogP contribution < -0.4 is 5.73 Å². The summed E-state index contributed by atoms with van der Waals surface area (Å²) in [7, 11) is 1.98. The maximum Gasteiger partial charge on any atom is 0.304 e. The molecule has 1 aliphatic rings. The van der Waals surface area contributed by atoms with E-state index < -0.39 is 16.4 Å². The van der Waals surface area contributed by atoms with E-state index in [1.54, 1.807) is 11.8 Å². The molecule has 0 atom stereocenters. The summed E-state index contributed by atoms with van der Waals surface area (Å²) in [5.41, 5.74) is 6.11. The average Bonchev–Trinajstić information content (AvgIpc) is 2.53. The van der Waals surface area contributed by atoms with Gasteiger partial charge in [0.05, 0.1) is 4.92 Å². The summed E-state index contributed by atoms with van der Waals surface area (Å²) in [5, 5.41) is 10.6. The van der Waals surface area contributed by atoms with Crippen LogP contribution >= 0.6 is 0 Å². The van der Waals surface area contributed by atoms with Crippen LogP contribution in [0.15, 0.2) is 23.9 Å². The molecule has 0 saturated carbocycles. The minimum absolute atomic E-state index is 0.0304. The molecule has 1 aromatic carbocycles. The van der Waals surface area contributed by atoms with Gasteiger partial charge in [-0.15, -0.1) is 0 Å². The number of hydrogen-bond acceptors (Lipinski definition) is 5. The van der Waals surface area contributed by atoms with E-state index in [4.69, 9.17) is 5.73 Å². The minimum atomic E-state index is -0.952. The maximum absolute atomic E-state index is 13.7. The van der Waals surface area contributed by atoms with Gasteiger partial charge < -0.3 is 15.5 Å². The molecule has 0 unspecified atom stereocenters. The van der Waals surface area contributed by atoms with Crippen molar-refractivity contribution in [3.05, 3.63) is 45.4 Å². The number of amides is 1. The van der Waals surface area contributed by atoms with E-state index in [2.05, 4.69) is 4.90 Å². The second-order valence-corrected chi connectivity index (χ2v) is 5.56. The summed E-state index contributed by atoms with van der Waals surface area (Å²) in [4.78, 5) is 26.0. The summed E-state index contributed by atoms with van der Waals surface area (Å²) >= 11 is 0. The van der Waals surface area contributed by atoms with Crippen LogP contribution in [-0.4, -0.2) is 53.9 Å². The Kier molecular flexibility index (Phi) is 4.95. The third-order valence-electron chi connectivity index (χ3n) is 4.00. The van der Waals surface area contributed by atoms with Gasteiger partial charge in [0.1, 0.15) is 5.70 Å². The number of benzene rings is 1. The van der Waals surface area contributed by atoms with E-state index in [9.17, 15) is 19.3 Å². The Morgan fingerprint density at radius 1 is 1.30 bits per heavy atom. The van der Waals surface area contributed by atoms with Crippen LogP contribution in [0.1, 0.15) is 12.5 Å². The number of nitro groups is 1. The van der Waals surface area contributed by atoms with Crippen LogP contribution in [0.25, 0.3) is 5.57 Å². The van der Waals surface area contributed by atoms with Crippen LogP contribution in [-0.2, 0) is 4.79 Å². The number of rotatable bonds is 3. The number of likely N-dealkylation sites (N-methyl/N-ethyl adjacent to an activating group) is 1. The molecule has 0 radical (unpaired) electrons. The van der Waals surface area contributed by atoms with Crippen molar-refractivity contribution in [3.63, 3.8) is 0 Å². The number of halogens is 1. The van der Waals surface area contributed by atoms with Crippen molar-refractivity contribution < 1.29 is 14.1 Å². The second-order valence-electron chi connectivity index (χ2n) is 5.56. The molecule has 1 saturated heterocycles. The number of carbonyl (C=O) groups is 1. The number of carbonyl (C=O) groups excluding carboxylic acids is 1. The van der Waals surface area contributed by atoms with E-state index in [0.29, 0.717) is 24.2 Å². The Hall–Kier alpha value is -2.48. The molecule has 8 heteroatoms. The molecule has 1 aromatic rings. The smallest absolute Gasteiger partial charge is 0.304 e. The van der Waals surface area contributed by atoms with E-state index in [0.717, 1.165) is 25.2 Å². The molecule has 7 nitrogen and oxygen atoms in total. The molecule has 0 aromatic heterocycles. The Morgan fingerprint density at radius 3 is 2.43 bits per heavy atom. The molecular formula is C15H19FN4O3. The number of nitrogens with zero attached hydrogens (tertiary/aromatic N) is 3. The van der Waals surface area contributed by atoms with Gasteiger partial charge in [-0.05, 0) is 37.2 Å². The lowest BCUT2D eigenvalue weighted by atomic mass is 10.0. The van der Waals surface area contributed by atoms with Crippen molar-refractivity contribution in [1.29, 1.82) is 0 Å². The van der Waals surface area contributed by atoms with Crippen LogP contribution in [0.3, 0.4) is 0 Å². The highest BCUT2D eigenvalue weighted by Crippen LogP contribution is 2.24. The van der Waals surface area contributed by atoms with Gasteiger partial charge in [0.25, 0.3) is 5.91 Å². The molecule has 0 aliphatic carbocycles. The van der Waals surface area contributed by atoms with Crippen LogP contribution in [0.5, 0.6) is 0 Å². The molecule has 1 amide bonds. The first kappa shape index (κ1) is 16.9. The minimum Gasteiger partial charge on any atom is -0.394 e. The average molecular weight is 322 g/mol. The lowest BCUT2D eigenvalue weighted by Gasteiger charge is -2.32. The summed E-state index contributed by atoms with van der Waals surface area (Å²) in [6.45, 7) is 4.30. The van der Waals surface area contributed by atoms with E-state index >= 15 is 0 Å². The zero-order valence-electron chi connectivity index (χ0n) is 13.1. The van der Waals surface area contributed by atoms with Gasteiger partial charge >= 0.3 is 5.69 Å². The number of nitro benzene ring substituents is 1. The standard InChI is InChI=1S/C15H19FN4O3/c1-10(11-3-4-13(20(22)23)12(16)9-11)14(17)15(21)19-7-5-18(2)6-8-19/h3-4,9H,5-8,17H2,1-2H3/b14-10+. The molecule has 1 aliphatic heterocycles. The first-order valence-corrected chi connectivity index (χ1v) is 7.19. The largest absolute Gasteiger partial charge is 0.394 e. The van der Waals surface area contributed by atoms with Crippen LogP contribution in [0, 0.1) is 15.9 Å². The molecule has 1 fully saturated rings. The van der Waals surface area contributed by atoms with E-state index in [1.807, 2.05) is 7.05 Å². The molecule has 1 heterocycles. The highest BCUT2D eigenvalue weighted by atomic mass is 19.1. The van der Waals surface area contributed by atoms with Crippen molar-refractivity contribution in [2.45, 2.75) is 6.92 Å². The van der Waals surface area contributed by atoms with Gasteiger partial charge in [-0.2, -0.15) is 4.39 Å². The SMILES string of the molecule is C/C(=C(\N)C(=O)N1CCN(C)CC1)c1ccc([N+](=O)[O-])c(F)c1. The summed E-state index contributed by atoms with van der Waals surface area (Å²) in [5.74, 6) is -1.25. The fourth-order valence-electron chi connectivity index (χ4n) is 2.38. The molecular weight excluding hydrogens is 303 g/mol. The topological polar surface area (TPSA) is 92.7 Å². The first-order chi connectivity index (χ1) is 10.8. The normalized spacial score (nSPS) is 16.9. The van der Waals surface area contributed by atoms with Gasteiger partial charge in [0.15, 0.2) is 0 Å². The van der Waals surface area contributed by atoms with Crippen molar-refractivity contribution in [1.82, 2.24) is 9.80 Å². The lowest BCUT2D eigenvalue weighted by Crippen LogP contribution is -2.48. The zero-order chi connectivity index (χ0) is 17.1. The van der Waals surface area contributed by atoms with E-state index in [-0.39, 0.29) is 11.6 Å². The highest BCUT2D eigenvalue weighted by Gasteiger charge is 2.23. The van der Waals surface area contributed by atoms with E-state index in [1.165, 1.54) is 6.07 Å². The number of piperazine rings is 1. The Balaban J connectivity index is 2.24. The summed E-state index contributed by atoms with van der Waals surface area (Å²) < 4.78 is 13.7. The Morgan fingerprint density at radius 2 is 1.91 bits per heavy atom. The first-order valence-electron chi connectivity index (χ1n) is 7.19. The predicted octanol–water partition coefficient (Wildman–Crippen LogP) is 1.20. The number of hydrogen-bond donors (Lipinski definition) is 1. The fourth-order valence-corrected chi connectivity index (χ4v) is 2.38. The Labute approximate surface area is 133 Å². The quantitative estimate of drug-likeness (QED) is 0.513. The van der Waals surface area contributed by atoms with Crippen molar-refractivity contribution in [3.8, 4) is 0 Å². The van der Waals surface area contributed by atoms with Crippen molar-refractivity contribution >= 4 is 17.2 Å². The van der Waals surface area contributed by atoms with Crippen LogP contribution in [0.4, 0.5) is 10.1 Å². The van der Waals surface area contributed by atoms with Crippen LogP contribution in [0.2, 0.25) is 0 Å². The van der Waals surface area contributed by atoms with Gasteiger partial charge in [-0.1, -0.05) is 0 Å². The van der Waals surface area contributed by atoms with Gasteiger partial charge in [-0.3, -0.25) is 14.9 Å². The van der Waals surface area contributed by atoms with Gasteiger partial charge in [0, 0.05) is 32.2 Å². The van der Waals surface area contributed by atoms with Crippen molar-refractivity contribution in [2.24, 2.45) is 5.73 Å². The summed E-state index contributed by atoms with van der Waals surface area (Å²) in [6.07, 6.45) is 0. The van der Waals surface area contributed by atoms with Gasteiger partial charge in [-0.25, -0.2) is 0 Å². The maximum atomic E-state index is 13.7. The number of nitrogens with two attached hydrogens (primary N) is 1. The third-order valence-corrected chi connectivity index (χ3v) is 4.00. The molecule has 23 heavy (non-hydrogen) atoms. The molecule has 2 N–H and O–H groups in total. The van der Waals surface area contributed by atoms with Crippen molar-refractivity contribution in [2.75, 3.05) is 33.2 Å². The molecule has 0 bridgehead atoms. The molecule has 0 spiro atoms. The van der Waals surface area contributed by atoms with Gasteiger partial charge in [0.2, 0.25) is 5.82 Å². The highest BCUT2D eigenvalue weighted by molar-refractivity contribution is 6.00. The molecule has 2 rings (SSSR count). The monoisotopic (exact) mass is 322 g/mol. The fraction of sp³-hybridized carbons (Fsp3) is 0.400. The lowest BCUT2D eigenvalue weighted by molar-refractivity contribution is -0.387. The Bertz CT molecular complexity index is 667. The summed E-state index contributed by atoms with van der Waals surface area (Å²) in [6, 6.07) is 3.49. The second kappa shape index (κ2) is 6.74. The number of allylic oxidation sites excluding steroid dienone is 1. The zero-order valence-corrected chi connectivity index (χ0v) is 13.1. The molecule has 124 valence electrons. The predicted molar refractivity (Wildman–Crippen MR) is 83.9 cm³/mol.